The standard InChI is InChI=1S/C16H23NO2/c1-13(2)15-8-6-14(7-9-15)10-12-17(3)11-4-5-16(18)19/h4-9,13H,10-12H2,1-3H3,(H,18,19)/b5-4+. The monoisotopic (exact) mass is 261 g/mol. The summed E-state index contributed by atoms with van der Waals surface area (Å²) in [5, 5.41) is 8.50. The topological polar surface area (TPSA) is 40.5 Å². The average Bonchev–Trinajstić information content (AvgIpc) is 2.36. The molecule has 0 aliphatic rings. The number of benzene rings is 1. The van der Waals surface area contributed by atoms with E-state index in [0.29, 0.717) is 12.5 Å². The highest BCUT2D eigenvalue weighted by molar-refractivity contribution is 5.79. The zero-order chi connectivity index (χ0) is 14.3. The number of carboxylic acids is 1. The molecule has 0 aliphatic heterocycles. The van der Waals surface area contributed by atoms with Gasteiger partial charge >= 0.3 is 5.97 Å². The molecule has 0 atom stereocenters. The van der Waals surface area contributed by atoms with E-state index in [1.165, 1.54) is 17.2 Å². The van der Waals surface area contributed by atoms with Crippen molar-refractivity contribution >= 4 is 5.97 Å². The molecule has 0 radical (unpaired) electrons. The van der Waals surface area contributed by atoms with Crippen molar-refractivity contribution in [3.05, 3.63) is 47.5 Å². The van der Waals surface area contributed by atoms with Crippen molar-refractivity contribution in [2.75, 3.05) is 20.1 Å². The van der Waals surface area contributed by atoms with Crippen LogP contribution in [0, 0.1) is 0 Å². The number of aliphatic carboxylic acids is 1. The minimum Gasteiger partial charge on any atom is -0.478 e. The summed E-state index contributed by atoms with van der Waals surface area (Å²) in [5.41, 5.74) is 2.68. The van der Waals surface area contributed by atoms with Gasteiger partial charge in [0.1, 0.15) is 0 Å². The van der Waals surface area contributed by atoms with Gasteiger partial charge in [-0.15, -0.1) is 0 Å². The van der Waals surface area contributed by atoms with Crippen LogP contribution in [0.5, 0.6) is 0 Å². The third kappa shape index (κ3) is 6.20. The number of nitrogens with zero attached hydrogens (tertiary/aromatic N) is 1. The molecular weight excluding hydrogens is 238 g/mol. The maximum absolute atomic E-state index is 10.3. The molecule has 0 unspecified atom stereocenters. The summed E-state index contributed by atoms with van der Waals surface area (Å²) in [5.74, 6) is -0.324. The van der Waals surface area contributed by atoms with E-state index in [1.54, 1.807) is 6.08 Å². The zero-order valence-electron chi connectivity index (χ0n) is 12.0. The van der Waals surface area contributed by atoms with Crippen molar-refractivity contribution < 1.29 is 9.90 Å². The lowest BCUT2D eigenvalue weighted by Gasteiger charge is -2.14. The average molecular weight is 261 g/mol. The molecular formula is C16H23NO2. The Bertz CT molecular complexity index is 421. The number of carbonyl (C=O) groups is 1. The van der Waals surface area contributed by atoms with Gasteiger partial charge in [0.05, 0.1) is 0 Å². The second-order valence-electron chi connectivity index (χ2n) is 5.15. The summed E-state index contributed by atoms with van der Waals surface area (Å²) in [4.78, 5) is 12.4. The van der Waals surface area contributed by atoms with Crippen molar-refractivity contribution in [3.8, 4) is 0 Å². The van der Waals surface area contributed by atoms with Crippen molar-refractivity contribution in [1.82, 2.24) is 4.90 Å². The smallest absolute Gasteiger partial charge is 0.328 e. The molecule has 0 amide bonds. The van der Waals surface area contributed by atoms with E-state index in [4.69, 9.17) is 5.11 Å². The van der Waals surface area contributed by atoms with Crippen LogP contribution in [0.2, 0.25) is 0 Å². The predicted molar refractivity (Wildman–Crippen MR) is 78.5 cm³/mol. The Labute approximate surface area is 115 Å². The molecule has 3 nitrogen and oxygen atoms in total. The third-order valence-electron chi connectivity index (χ3n) is 3.11. The molecule has 0 aliphatic carbocycles. The molecule has 0 heterocycles. The van der Waals surface area contributed by atoms with Crippen LogP contribution >= 0.6 is 0 Å². The molecule has 0 fully saturated rings. The van der Waals surface area contributed by atoms with Crippen LogP contribution in [0.1, 0.15) is 30.9 Å². The van der Waals surface area contributed by atoms with Crippen molar-refractivity contribution in [2.24, 2.45) is 0 Å². The van der Waals surface area contributed by atoms with Crippen LogP contribution in [0.4, 0.5) is 0 Å². The minimum absolute atomic E-state index is 0.567. The Balaban J connectivity index is 2.37. The fraction of sp³-hybridized carbons (Fsp3) is 0.438. The highest BCUT2D eigenvalue weighted by atomic mass is 16.4. The number of carboxylic acid groups (broad SMARTS) is 1. The van der Waals surface area contributed by atoms with Crippen LogP contribution in [0.25, 0.3) is 0 Å². The van der Waals surface area contributed by atoms with E-state index >= 15 is 0 Å². The Morgan fingerprint density at radius 2 is 1.95 bits per heavy atom. The van der Waals surface area contributed by atoms with Gasteiger partial charge < -0.3 is 10.0 Å². The lowest BCUT2D eigenvalue weighted by molar-refractivity contribution is -0.131. The first kappa shape index (κ1) is 15.4. The number of rotatable bonds is 7. The second-order valence-corrected chi connectivity index (χ2v) is 5.15. The molecule has 1 aromatic carbocycles. The quantitative estimate of drug-likeness (QED) is 0.767. The summed E-state index contributed by atoms with van der Waals surface area (Å²) in [6.07, 6.45) is 3.84. The predicted octanol–water partition coefficient (Wildman–Crippen LogP) is 2.93. The van der Waals surface area contributed by atoms with Crippen molar-refractivity contribution in [3.63, 3.8) is 0 Å². The lowest BCUT2D eigenvalue weighted by atomic mass is 10.0. The normalized spacial score (nSPS) is 11.6. The van der Waals surface area contributed by atoms with E-state index in [1.807, 2.05) is 7.05 Å². The minimum atomic E-state index is -0.891. The van der Waals surface area contributed by atoms with E-state index in [0.717, 1.165) is 13.0 Å². The Hall–Kier alpha value is -1.61. The van der Waals surface area contributed by atoms with Gasteiger partial charge in [-0.3, -0.25) is 0 Å². The van der Waals surface area contributed by atoms with Gasteiger partial charge in [-0.1, -0.05) is 44.2 Å². The third-order valence-corrected chi connectivity index (χ3v) is 3.11. The second kappa shape index (κ2) is 7.74. The van der Waals surface area contributed by atoms with Gasteiger partial charge in [0, 0.05) is 19.2 Å². The van der Waals surface area contributed by atoms with Crippen LogP contribution in [0.15, 0.2) is 36.4 Å². The number of hydrogen-bond acceptors (Lipinski definition) is 2. The maximum atomic E-state index is 10.3. The largest absolute Gasteiger partial charge is 0.478 e. The fourth-order valence-corrected chi connectivity index (χ4v) is 1.81. The first-order valence-electron chi connectivity index (χ1n) is 6.66. The van der Waals surface area contributed by atoms with Gasteiger partial charge in [0.25, 0.3) is 0 Å². The molecule has 19 heavy (non-hydrogen) atoms. The van der Waals surface area contributed by atoms with E-state index in [2.05, 4.69) is 43.0 Å². The molecule has 0 aromatic heterocycles. The van der Waals surface area contributed by atoms with Gasteiger partial charge in [0.15, 0.2) is 0 Å². The molecule has 0 spiro atoms. The Morgan fingerprint density at radius 1 is 1.32 bits per heavy atom. The summed E-state index contributed by atoms with van der Waals surface area (Å²) in [6, 6.07) is 8.72. The first-order chi connectivity index (χ1) is 8.99. The number of likely N-dealkylation sites (N-methyl/N-ethyl adjacent to an activating group) is 1. The number of hydrogen-bond donors (Lipinski definition) is 1. The Kier molecular flexibility index (Phi) is 6.30. The summed E-state index contributed by atoms with van der Waals surface area (Å²) >= 11 is 0. The van der Waals surface area contributed by atoms with Crippen molar-refractivity contribution in [2.45, 2.75) is 26.2 Å². The molecule has 1 N–H and O–H groups in total. The van der Waals surface area contributed by atoms with Crippen molar-refractivity contribution in [1.29, 1.82) is 0 Å². The highest BCUT2D eigenvalue weighted by Crippen LogP contribution is 2.14. The van der Waals surface area contributed by atoms with Gasteiger partial charge in [0.2, 0.25) is 0 Å². The fourth-order valence-electron chi connectivity index (χ4n) is 1.81. The molecule has 3 heteroatoms. The zero-order valence-corrected chi connectivity index (χ0v) is 12.0. The van der Waals surface area contributed by atoms with E-state index in [9.17, 15) is 4.79 Å². The van der Waals surface area contributed by atoms with Gasteiger partial charge in [-0.25, -0.2) is 4.79 Å². The highest BCUT2D eigenvalue weighted by Gasteiger charge is 2.01. The van der Waals surface area contributed by atoms with Gasteiger partial charge in [-0.05, 0) is 30.5 Å². The van der Waals surface area contributed by atoms with Gasteiger partial charge in [-0.2, -0.15) is 0 Å². The molecule has 1 rings (SSSR count). The van der Waals surface area contributed by atoms with Crippen LogP contribution in [-0.4, -0.2) is 36.1 Å². The lowest BCUT2D eigenvalue weighted by Crippen LogP contribution is -2.21. The first-order valence-corrected chi connectivity index (χ1v) is 6.66. The van der Waals surface area contributed by atoms with Crippen LogP contribution in [0.3, 0.4) is 0 Å². The summed E-state index contributed by atoms with van der Waals surface area (Å²) in [6.45, 7) is 5.97. The van der Waals surface area contributed by atoms with E-state index in [-0.39, 0.29) is 0 Å². The molecule has 0 bridgehead atoms. The SMILES string of the molecule is CC(C)c1ccc(CCN(C)C/C=C/C(=O)O)cc1. The van der Waals surface area contributed by atoms with E-state index < -0.39 is 5.97 Å². The maximum Gasteiger partial charge on any atom is 0.328 e. The summed E-state index contributed by atoms with van der Waals surface area (Å²) in [7, 11) is 1.99. The van der Waals surface area contributed by atoms with Crippen LogP contribution in [-0.2, 0) is 11.2 Å². The van der Waals surface area contributed by atoms with Crippen LogP contribution < -0.4 is 0 Å². The summed E-state index contributed by atoms with van der Waals surface area (Å²) < 4.78 is 0. The molecule has 0 saturated heterocycles. The molecule has 0 saturated carbocycles. The molecule has 104 valence electrons. The molecule has 1 aromatic rings. The Morgan fingerprint density at radius 3 is 2.47 bits per heavy atom.